The van der Waals surface area contributed by atoms with Crippen LogP contribution in [0.3, 0.4) is 0 Å². The highest BCUT2D eigenvalue weighted by Crippen LogP contribution is 2.53. The summed E-state index contributed by atoms with van der Waals surface area (Å²) in [6, 6.07) is -0.564. The summed E-state index contributed by atoms with van der Waals surface area (Å²) in [5, 5.41) is -0.115. The first-order valence-corrected chi connectivity index (χ1v) is 8.64. The molecule has 0 aliphatic carbocycles. The molecule has 126 valence electrons. The number of esters is 1. The highest BCUT2D eigenvalue weighted by atomic mass is 32.2. The molecule has 0 aromatic rings. The zero-order valence-electron chi connectivity index (χ0n) is 14.7. The zero-order chi connectivity index (χ0) is 17.6. The van der Waals surface area contributed by atoms with Crippen LogP contribution < -0.4 is 0 Å². The first-order valence-electron chi connectivity index (χ1n) is 7.76. The molecule has 2 aliphatic rings. The molecule has 4 nitrogen and oxygen atoms in total. The maximum absolute atomic E-state index is 12.6. The lowest BCUT2D eigenvalue weighted by Crippen LogP contribution is -2.58. The minimum Gasteiger partial charge on any atom is -0.460 e. The summed E-state index contributed by atoms with van der Waals surface area (Å²) in [5.41, 5.74) is 4.94. The molecular formula is C18H25NO3S. The lowest BCUT2D eigenvalue weighted by atomic mass is 9.87. The van der Waals surface area contributed by atoms with Gasteiger partial charge in [-0.2, -0.15) is 0 Å². The SMILES string of the molecule is C=CCOC(=O)[C@@H]1N2C(=O)C(=C=C(C)C(C)(C)C)[C@H]2SC1(C)C. The fourth-order valence-corrected chi connectivity index (χ4v) is 4.12. The minimum atomic E-state index is -0.564. The standard InChI is InChI=1S/C18H25NO3S/c1-8-9-22-16(21)13-18(6,7)23-15-12(14(20)19(13)15)10-11(2)17(3,4)5/h8,13,15H,1,9H2,2-7H3/t10?,13-,15+/m0/s1. The number of fused-ring (bicyclic) bond motifs is 1. The van der Waals surface area contributed by atoms with Crippen LogP contribution >= 0.6 is 11.8 Å². The van der Waals surface area contributed by atoms with Gasteiger partial charge in [0.1, 0.15) is 18.0 Å². The van der Waals surface area contributed by atoms with Crippen LogP contribution in [-0.2, 0) is 14.3 Å². The highest BCUT2D eigenvalue weighted by molar-refractivity contribution is 8.01. The Balaban J connectivity index is 2.33. The number of hydrogen-bond donors (Lipinski definition) is 0. The minimum absolute atomic E-state index is 0.0330. The fraction of sp³-hybridized carbons (Fsp3) is 0.611. The average molecular weight is 335 g/mol. The molecule has 0 radical (unpaired) electrons. The Morgan fingerprint density at radius 3 is 2.61 bits per heavy atom. The highest BCUT2D eigenvalue weighted by Gasteiger charge is 2.62. The van der Waals surface area contributed by atoms with Gasteiger partial charge in [-0.25, -0.2) is 4.79 Å². The van der Waals surface area contributed by atoms with Gasteiger partial charge in [-0.15, -0.1) is 17.5 Å². The molecule has 2 atom stereocenters. The van der Waals surface area contributed by atoms with Crippen molar-refractivity contribution in [2.24, 2.45) is 5.41 Å². The predicted molar refractivity (Wildman–Crippen MR) is 92.9 cm³/mol. The second-order valence-corrected chi connectivity index (χ2v) is 9.26. The number of hydrogen-bond acceptors (Lipinski definition) is 4. The molecular weight excluding hydrogens is 310 g/mol. The van der Waals surface area contributed by atoms with E-state index in [4.69, 9.17) is 4.74 Å². The third-order valence-electron chi connectivity index (χ3n) is 4.33. The van der Waals surface area contributed by atoms with E-state index in [9.17, 15) is 9.59 Å². The Kier molecular flexibility index (Phi) is 4.57. The molecule has 0 aromatic carbocycles. The van der Waals surface area contributed by atoms with Crippen molar-refractivity contribution in [3.05, 3.63) is 29.5 Å². The number of thioether (sulfide) groups is 1. The van der Waals surface area contributed by atoms with E-state index < -0.39 is 10.8 Å². The normalized spacial score (nSPS) is 25.4. The van der Waals surface area contributed by atoms with Gasteiger partial charge in [-0.1, -0.05) is 33.4 Å². The number of ether oxygens (including phenoxy) is 1. The Morgan fingerprint density at radius 2 is 2.09 bits per heavy atom. The van der Waals surface area contributed by atoms with Crippen molar-refractivity contribution in [3.63, 3.8) is 0 Å². The molecule has 0 N–H and O–H groups in total. The average Bonchev–Trinajstić information content (AvgIpc) is 2.69. The summed E-state index contributed by atoms with van der Waals surface area (Å²) in [4.78, 5) is 26.5. The number of β-lactam (4-membered cyclic amide) rings is 1. The van der Waals surface area contributed by atoms with Crippen molar-refractivity contribution < 1.29 is 14.3 Å². The summed E-state index contributed by atoms with van der Waals surface area (Å²) in [7, 11) is 0. The third kappa shape index (κ3) is 3.13. The summed E-state index contributed by atoms with van der Waals surface area (Å²) in [6.07, 6.45) is 1.53. The molecule has 2 rings (SSSR count). The van der Waals surface area contributed by atoms with Crippen LogP contribution in [0.1, 0.15) is 41.5 Å². The maximum atomic E-state index is 12.6. The lowest BCUT2D eigenvalue weighted by molar-refractivity contribution is -0.156. The zero-order valence-corrected chi connectivity index (χ0v) is 15.5. The molecule has 2 saturated heterocycles. The first-order chi connectivity index (χ1) is 10.5. The van der Waals surface area contributed by atoms with Gasteiger partial charge in [-0.3, -0.25) is 4.79 Å². The van der Waals surface area contributed by atoms with Crippen LogP contribution in [0.15, 0.2) is 29.5 Å². The molecule has 2 aliphatic heterocycles. The van der Waals surface area contributed by atoms with Gasteiger partial charge in [0.05, 0.1) is 5.57 Å². The van der Waals surface area contributed by atoms with E-state index in [1.54, 1.807) is 16.7 Å². The van der Waals surface area contributed by atoms with Crippen molar-refractivity contribution in [2.75, 3.05) is 6.61 Å². The molecule has 5 heteroatoms. The number of carbonyl (C=O) groups is 2. The molecule has 2 fully saturated rings. The Hall–Kier alpha value is -1.45. The molecule has 0 saturated carbocycles. The van der Waals surface area contributed by atoms with Gasteiger partial charge in [0.25, 0.3) is 5.91 Å². The molecule has 23 heavy (non-hydrogen) atoms. The first kappa shape index (κ1) is 17.9. The Morgan fingerprint density at radius 1 is 1.48 bits per heavy atom. The topological polar surface area (TPSA) is 46.6 Å². The van der Waals surface area contributed by atoms with E-state index >= 15 is 0 Å². The summed E-state index contributed by atoms with van der Waals surface area (Å²) >= 11 is 1.62. The van der Waals surface area contributed by atoms with Crippen LogP contribution in [-0.4, -0.2) is 39.5 Å². The van der Waals surface area contributed by atoms with Crippen molar-refractivity contribution in [2.45, 2.75) is 57.7 Å². The maximum Gasteiger partial charge on any atom is 0.330 e. The number of carbonyl (C=O) groups excluding carboxylic acids is 2. The van der Waals surface area contributed by atoms with E-state index in [0.717, 1.165) is 5.57 Å². The van der Waals surface area contributed by atoms with Gasteiger partial charge in [0.15, 0.2) is 0 Å². The molecule has 0 spiro atoms. The second-order valence-electron chi connectivity index (χ2n) is 7.52. The van der Waals surface area contributed by atoms with E-state index in [1.165, 1.54) is 6.08 Å². The molecule has 0 bridgehead atoms. The van der Waals surface area contributed by atoms with E-state index in [1.807, 2.05) is 20.8 Å². The molecule has 1 amide bonds. The summed E-state index contributed by atoms with van der Waals surface area (Å²) < 4.78 is 4.79. The Bertz CT molecular complexity index is 621. The van der Waals surface area contributed by atoms with Crippen LogP contribution in [0.25, 0.3) is 0 Å². The van der Waals surface area contributed by atoms with Crippen molar-refractivity contribution in [1.82, 2.24) is 4.90 Å². The third-order valence-corrected chi connectivity index (χ3v) is 5.85. The molecule has 2 heterocycles. The van der Waals surface area contributed by atoms with E-state index in [0.29, 0.717) is 5.57 Å². The predicted octanol–water partition coefficient (Wildman–Crippen LogP) is 3.30. The molecule has 0 aromatic heterocycles. The van der Waals surface area contributed by atoms with Crippen LogP contribution in [0.5, 0.6) is 0 Å². The van der Waals surface area contributed by atoms with Gasteiger partial charge in [-0.05, 0) is 31.8 Å². The molecule has 0 unspecified atom stereocenters. The largest absolute Gasteiger partial charge is 0.460 e. The van der Waals surface area contributed by atoms with E-state index in [-0.39, 0.29) is 29.3 Å². The Labute approximate surface area is 142 Å². The summed E-state index contributed by atoms with van der Waals surface area (Å²) in [6.45, 7) is 15.9. The summed E-state index contributed by atoms with van der Waals surface area (Å²) in [5.74, 6) is -0.481. The van der Waals surface area contributed by atoms with E-state index in [2.05, 4.69) is 33.1 Å². The van der Waals surface area contributed by atoms with Crippen molar-refractivity contribution in [3.8, 4) is 0 Å². The van der Waals surface area contributed by atoms with Crippen molar-refractivity contribution >= 4 is 23.6 Å². The number of rotatable bonds is 3. The van der Waals surface area contributed by atoms with Crippen LogP contribution in [0.4, 0.5) is 0 Å². The van der Waals surface area contributed by atoms with Crippen LogP contribution in [0, 0.1) is 5.41 Å². The van der Waals surface area contributed by atoms with Gasteiger partial charge < -0.3 is 9.64 Å². The monoisotopic (exact) mass is 335 g/mol. The van der Waals surface area contributed by atoms with Crippen LogP contribution in [0.2, 0.25) is 0 Å². The number of nitrogens with zero attached hydrogens (tertiary/aromatic N) is 1. The fourth-order valence-electron chi connectivity index (χ4n) is 2.60. The smallest absolute Gasteiger partial charge is 0.330 e. The second kappa shape index (κ2) is 5.88. The van der Waals surface area contributed by atoms with Crippen molar-refractivity contribution in [1.29, 1.82) is 0 Å². The van der Waals surface area contributed by atoms with Gasteiger partial charge in [0, 0.05) is 4.75 Å². The lowest BCUT2D eigenvalue weighted by Gasteiger charge is -2.38. The van der Waals surface area contributed by atoms with Gasteiger partial charge >= 0.3 is 5.97 Å². The quantitative estimate of drug-likeness (QED) is 0.261. The number of amides is 1. The van der Waals surface area contributed by atoms with Gasteiger partial charge in [0.2, 0.25) is 0 Å².